The number of carboxylic acids is 1. The van der Waals surface area contributed by atoms with E-state index in [9.17, 15) is 4.79 Å². The summed E-state index contributed by atoms with van der Waals surface area (Å²) >= 11 is 1.58. The van der Waals surface area contributed by atoms with Crippen LogP contribution in [0.15, 0.2) is 41.3 Å². The molecule has 0 fully saturated rings. The molecule has 2 aromatic rings. The molecule has 0 spiro atoms. The van der Waals surface area contributed by atoms with E-state index in [0.29, 0.717) is 17.3 Å². The van der Waals surface area contributed by atoms with Crippen molar-refractivity contribution >= 4 is 17.7 Å². The van der Waals surface area contributed by atoms with Gasteiger partial charge >= 0.3 is 5.97 Å². The number of thioether (sulfide) groups is 1. The van der Waals surface area contributed by atoms with Crippen LogP contribution in [0.1, 0.15) is 16.1 Å². The van der Waals surface area contributed by atoms with Crippen molar-refractivity contribution in [2.45, 2.75) is 11.8 Å². The summed E-state index contributed by atoms with van der Waals surface area (Å²) in [4.78, 5) is 16.1. The predicted molar refractivity (Wildman–Crippen MR) is 74.2 cm³/mol. The molecular weight excluding hydrogens is 262 g/mol. The summed E-state index contributed by atoms with van der Waals surface area (Å²) < 4.78 is 5.69. The van der Waals surface area contributed by atoms with Crippen LogP contribution in [-0.2, 0) is 0 Å². The van der Waals surface area contributed by atoms with Crippen molar-refractivity contribution in [2.75, 3.05) is 6.26 Å². The second-order valence-corrected chi connectivity index (χ2v) is 4.69. The van der Waals surface area contributed by atoms with Crippen LogP contribution in [0.4, 0.5) is 0 Å². The Balaban J connectivity index is 2.29. The van der Waals surface area contributed by atoms with Crippen molar-refractivity contribution in [1.82, 2.24) is 4.98 Å². The number of carboxylic acid groups (broad SMARTS) is 1. The Morgan fingerprint density at radius 1 is 1.26 bits per heavy atom. The summed E-state index contributed by atoms with van der Waals surface area (Å²) in [5, 5.41) is 8.94. The lowest BCUT2D eigenvalue weighted by Gasteiger charge is -2.09. The first-order chi connectivity index (χ1) is 9.11. The smallest absolute Gasteiger partial charge is 0.337 e. The van der Waals surface area contributed by atoms with Crippen LogP contribution in [0, 0.1) is 6.92 Å². The van der Waals surface area contributed by atoms with Gasteiger partial charge in [0.2, 0.25) is 5.88 Å². The topological polar surface area (TPSA) is 59.4 Å². The van der Waals surface area contributed by atoms with Gasteiger partial charge < -0.3 is 9.84 Å². The summed E-state index contributed by atoms with van der Waals surface area (Å²) in [6.07, 6.45) is 1.97. The van der Waals surface area contributed by atoms with E-state index in [1.807, 2.05) is 30.5 Å². The average molecular weight is 275 g/mol. The van der Waals surface area contributed by atoms with Crippen LogP contribution in [0.5, 0.6) is 11.6 Å². The second kappa shape index (κ2) is 5.75. The number of pyridine rings is 1. The van der Waals surface area contributed by atoms with Crippen molar-refractivity contribution in [3.05, 3.63) is 47.7 Å². The highest BCUT2D eigenvalue weighted by Crippen LogP contribution is 2.30. The van der Waals surface area contributed by atoms with Gasteiger partial charge in [0.15, 0.2) is 0 Å². The molecule has 0 aliphatic heterocycles. The maximum atomic E-state index is 10.9. The number of hydrogen-bond donors (Lipinski definition) is 1. The summed E-state index contributed by atoms with van der Waals surface area (Å²) in [6.45, 7) is 1.65. The number of ether oxygens (including phenoxy) is 1. The van der Waals surface area contributed by atoms with Crippen molar-refractivity contribution in [1.29, 1.82) is 0 Å². The zero-order valence-corrected chi connectivity index (χ0v) is 11.4. The maximum Gasteiger partial charge on any atom is 0.337 e. The highest BCUT2D eigenvalue weighted by Gasteiger charge is 2.10. The van der Waals surface area contributed by atoms with E-state index in [1.54, 1.807) is 24.8 Å². The molecule has 0 saturated heterocycles. The first-order valence-electron chi connectivity index (χ1n) is 5.63. The quantitative estimate of drug-likeness (QED) is 0.864. The summed E-state index contributed by atoms with van der Waals surface area (Å²) in [7, 11) is 0. The van der Waals surface area contributed by atoms with E-state index < -0.39 is 5.97 Å². The second-order valence-electron chi connectivity index (χ2n) is 3.84. The standard InChI is InChI=1S/C14H13NO3S/c1-9-10(14(16)17)7-8-13(15-9)18-11-5-3-4-6-12(11)19-2/h3-8H,1-2H3,(H,16,17). The van der Waals surface area contributed by atoms with Gasteiger partial charge in [0.25, 0.3) is 0 Å². The van der Waals surface area contributed by atoms with Gasteiger partial charge in [0.1, 0.15) is 5.75 Å². The number of aromatic nitrogens is 1. The van der Waals surface area contributed by atoms with Gasteiger partial charge in [0, 0.05) is 11.0 Å². The third-order valence-electron chi connectivity index (χ3n) is 2.57. The highest BCUT2D eigenvalue weighted by atomic mass is 32.2. The zero-order chi connectivity index (χ0) is 13.8. The van der Waals surface area contributed by atoms with Gasteiger partial charge in [-0.3, -0.25) is 0 Å². The third-order valence-corrected chi connectivity index (χ3v) is 3.35. The number of benzene rings is 1. The lowest BCUT2D eigenvalue weighted by molar-refractivity contribution is 0.0695. The lowest BCUT2D eigenvalue weighted by atomic mass is 10.2. The molecule has 0 unspecified atom stereocenters. The molecular formula is C14H13NO3S. The average Bonchev–Trinajstić information content (AvgIpc) is 2.39. The minimum absolute atomic E-state index is 0.186. The molecule has 1 aromatic heterocycles. The maximum absolute atomic E-state index is 10.9. The number of nitrogens with zero attached hydrogens (tertiary/aromatic N) is 1. The first kappa shape index (κ1) is 13.4. The highest BCUT2D eigenvalue weighted by molar-refractivity contribution is 7.98. The predicted octanol–water partition coefficient (Wildman–Crippen LogP) is 3.60. The van der Waals surface area contributed by atoms with Gasteiger partial charge in [-0.1, -0.05) is 12.1 Å². The van der Waals surface area contributed by atoms with Crippen LogP contribution in [-0.4, -0.2) is 22.3 Å². The minimum Gasteiger partial charge on any atom is -0.478 e. The van der Waals surface area contributed by atoms with Crippen molar-refractivity contribution in [3.8, 4) is 11.6 Å². The molecule has 1 N–H and O–H groups in total. The minimum atomic E-state index is -0.985. The molecule has 0 radical (unpaired) electrons. The van der Waals surface area contributed by atoms with Crippen molar-refractivity contribution < 1.29 is 14.6 Å². The normalized spacial score (nSPS) is 10.2. The molecule has 98 valence electrons. The molecule has 4 nitrogen and oxygen atoms in total. The molecule has 0 aliphatic carbocycles. The molecule has 0 saturated carbocycles. The van der Waals surface area contributed by atoms with E-state index in [2.05, 4.69) is 4.98 Å². The van der Waals surface area contributed by atoms with Gasteiger partial charge in [-0.25, -0.2) is 9.78 Å². The molecule has 5 heteroatoms. The van der Waals surface area contributed by atoms with E-state index in [-0.39, 0.29) is 5.56 Å². The molecule has 1 aromatic carbocycles. The SMILES string of the molecule is CSc1ccccc1Oc1ccc(C(=O)O)c(C)n1. The fourth-order valence-electron chi connectivity index (χ4n) is 1.64. The lowest BCUT2D eigenvalue weighted by Crippen LogP contribution is -2.02. The Morgan fingerprint density at radius 2 is 2.00 bits per heavy atom. The van der Waals surface area contributed by atoms with Crippen LogP contribution in [0.2, 0.25) is 0 Å². The number of aromatic carboxylic acids is 1. The fourth-order valence-corrected chi connectivity index (χ4v) is 2.16. The summed E-state index contributed by atoms with van der Waals surface area (Å²) in [5.74, 6) is 0.120. The van der Waals surface area contributed by atoms with Gasteiger partial charge in [-0.05, 0) is 31.4 Å². The van der Waals surface area contributed by atoms with Crippen molar-refractivity contribution in [3.63, 3.8) is 0 Å². The van der Waals surface area contributed by atoms with Gasteiger partial charge in [-0.15, -0.1) is 11.8 Å². The van der Waals surface area contributed by atoms with E-state index in [1.165, 1.54) is 6.07 Å². The van der Waals surface area contributed by atoms with Crippen molar-refractivity contribution in [2.24, 2.45) is 0 Å². The number of rotatable bonds is 4. The Morgan fingerprint density at radius 3 is 2.63 bits per heavy atom. The number of para-hydroxylation sites is 1. The van der Waals surface area contributed by atoms with Crippen LogP contribution >= 0.6 is 11.8 Å². The number of hydrogen-bond acceptors (Lipinski definition) is 4. The van der Waals surface area contributed by atoms with Crippen LogP contribution in [0.25, 0.3) is 0 Å². The Kier molecular flexibility index (Phi) is 4.06. The Bertz CT molecular complexity index is 613. The third kappa shape index (κ3) is 3.06. The van der Waals surface area contributed by atoms with E-state index >= 15 is 0 Å². The molecule has 0 aliphatic rings. The molecule has 2 rings (SSSR count). The molecule has 0 atom stereocenters. The zero-order valence-electron chi connectivity index (χ0n) is 10.6. The Labute approximate surface area is 115 Å². The largest absolute Gasteiger partial charge is 0.478 e. The van der Waals surface area contributed by atoms with Gasteiger partial charge in [0.05, 0.1) is 11.3 Å². The molecule has 0 bridgehead atoms. The fraction of sp³-hybridized carbons (Fsp3) is 0.143. The van der Waals surface area contributed by atoms with Gasteiger partial charge in [-0.2, -0.15) is 0 Å². The molecule has 19 heavy (non-hydrogen) atoms. The van der Waals surface area contributed by atoms with E-state index in [4.69, 9.17) is 9.84 Å². The monoisotopic (exact) mass is 275 g/mol. The number of carbonyl (C=O) groups is 1. The number of aryl methyl sites for hydroxylation is 1. The molecule has 1 heterocycles. The van der Waals surface area contributed by atoms with Crippen LogP contribution < -0.4 is 4.74 Å². The summed E-state index contributed by atoms with van der Waals surface area (Å²) in [6, 6.07) is 10.7. The van der Waals surface area contributed by atoms with Crippen LogP contribution in [0.3, 0.4) is 0 Å². The summed E-state index contributed by atoms with van der Waals surface area (Å²) in [5.41, 5.74) is 0.622. The molecule has 0 amide bonds. The Hall–Kier alpha value is -2.01. The first-order valence-corrected chi connectivity index (χ1v) is 6.86. The van der Waals surface area contributed by atoms with E-state index in [0.717, 1.165) is 4.90 Å².